The summed E-state index contributed by atoms with van der Waals surface area (Å²) in [4.78, 5) is 2.35. The van der Waals surface area contributed by atoms with Gasteiger partial charge in [0.2, 0.25) is 0 Å². The van der Waals surface area contributed by atoms with Crippen molar-refractivity contribution >= 4 is 43.8 Å². The smallest absolute Gasteiger partial charge is 0.0540 e. The lowest BCUT2D eigenvalue weighted by Crippen LogP contribution is -2.10. The maximum atomic E-state index is 3.53. The summed E-state index contributed by atoms with van der Waals surface area (Å²) in [6.45, 7) is 0. The molecule has 0 saturated heterocycles. The van der Waals surface area contributed by atoms with Crippen LogP contribution in [0.2, 0.25) is 0 Å². The summed E-state index contributed by atoms with van der Waals surface area (Å²) in [5.74, 6) is 0. The molecule has 0 aliphatic rings. The highest BCUT2D eigenvalue weighted by Gasteiger charge is 2.15. The molecule has 1 nitrogen and oxygen atoms in total. The molecule has 0 amide bonds. The normalized spacial score (nSPS) is 10.9. The van der Waals surface area contributed by atoms with Crippen LogP contribution in [0.25, 0.3) is 33.0 Å². The minimum Gasteiger partial charge on any atom is -0.310 e. The Balaban J connectivity index is 1.46. The van der Waals surface area contributed by atoms with Gasteiger partial charge in [-0.3, -0.25) is 0 Å². The molecular formula is C34H24BrN. The lowest BCUT2D eigenvalue weighted by molar-refractivity contribution is 1.30. The van der Waals surface area contributed by atoms with E-state index in [0.29, 0.717) is 0 Å². The third-order valence-electron chi connectivity index (χ3n) is 6.54. The molecule has 0 N–H and O–H groups in total. The maximum Gasteiger partial charge on any atom is 0.0540 e. The van der Waals surface area contributed by atoms with Crippen LogP contribution in [0.15, 0.2) is 150 Å². The van der Waals surface area contributed by atoms with E-state index in [2.05, 4.69) is 166 Å². The quantitative estimate of drug-likeness (QED) is 0.216. The molecular weight excluding hydrogens is 502 g/mol. The second kappa shape index (κ2) is 9.85. The minimum atomic E-state index is 1.09. The number of benzene rings is 6. The van der Waals surface area contributed by atoms with E-state index in [9.17, 15) is 0 Å². The fourth-order valence-corrected chi connectivity index (χ4v) is 4.97. The molecule has 0 fully saturated rings. The molecule has 6 aromatic rings. The van der Waals surface area contributed by atoms with Gasteiger partial charge < -0.3 is 4.90 Å². The van der Waals surface area contributed by atoms with Gasteiger partial charge in [-0.05, 0) is 70.1 Å². The van der Waals surface area contributed by atoms with Crippen molar-refractivity contribution in [2.45, 2.75) is 0 Å². The van der Waals surface area contributed by atoms with Crippen molar-refractivity contribution in [3.63, 3.8) is 0 Å². The molecule has 36 heavy (non-hydrogen) atoms. The van der Waals surface area contributed by atoms with Gasteiger partial charge in [-0.15, -0.1) is 0 Å². The average molecular weight is 526 g/mol. The number of rotatable bonds is 5. The fourth-order valence-electron chi connectivity index (χ4n) is 4.71. The zero-order valence-electron chi connectivity index (χ0n) is 19.7. The summed E-state index contributed by atoms with van der Waals surface area (Å²) in [6.07, 6.45) is 0. The Morgan fingerprint density at radius 3 is 1.47 bits per heavy atom. The number of anilines is 3. The number of hydrogen-bond acceptors (Lipinski definition) is 1. The van der Waals surface area contributed by atoms with E-state index in [-0.39, 0.29) is 0 Å². The summed E-state index contributed by atoms with van der Waals surface area (Å²) in [6, 6.07) is 51.7. The van der Waals surface area contributed by atoms with Crippen molar-refractivity contribution in [1.29, 1.82) is 0 Å². The van der Waals surface area contributed by atoms with Gasteiger partial charge in [0.05, 0.1) is 5.69 Å². The summed E-state index contributed by atoms with van der Waals surface area (Å²) in [5.41, 5.74) is 8.25. The van der Waals surface area contributed by atoms with Crippen LogP contribution in [0, 0.1) is 0 Å². The van der Waals surface area contributed by atoms with Crippen LogP contribution >= 0.6 is 15.9 Å². The highest BCUT2D eigenvalue weighted by molar-refractivity contribution is 9.10. The summed E-state index contributed by atoms with van der Waals surface area (Å²) < 4.78 is 1.09. The van der Waals surface area contributed by atoms with E-state index in [4.69, 9.17) is 0 Å². The lowest BCUT2D eigenvalue weighted by atomic mass is 10.0. The molecule has 172 valence electrons. The number of hydrogen-bond donors (Lipinski definition) is 0. The zero-order chi connectivity index (χ0) is 24.3. The van der Waals surface area contributed by atoms with E-state index < -0.39 is 0 Å². The van der Waals surface area contributed by atoms with Crippen LogP contribution < -0.4 is 4.90 Å². The van der Waals surface area contributed by atoms with Crippen LogP contribution in [0.3, 0.4) is 0 Å². The van der Waals surface area contributed by atoms with Crippen molar-refractivity contribution in [3.05, 3.63) is 150 Å². The zero-order valence-corrected chi connectivity index (χ0v) is 21.3. The average Bonchev–Trinajstić information content (AvgIpc) is 2.95. The van der Waals surface area contributed by atoms with E-state index in [1.54, 1.807) is 0 Å². The SMILES string of the molecule is Brc1ccc(-c2ccc(N(c3ccc(-c4ccccc4)cc3)c3cccc4ccccc34)cc2)cc1. The second-order valence-corrected chi connectivity index (χ2v) is 9.72. The molecule has 0 aromatic heterocycles. The predicted molar refractivity (Wildman–Crippen MR) is 157 cm³/mol. The Hall–Kier alpha value is -4.14. The van der Waals surface area contributed by atoms with Gasteiger partial charge in [0.15, 0.2) is 0 Å². The molecule has 0 unspecified atom stereocenters. The van der Waals surface area contributed by atoms with E-state index in [1.165, 1.54) is 33.0 Å². The van der Waals surface area contributed by atoms with Gasteiger partial charge in [0, 0.05) is 21.2 Å². The van der Waals surface area contributed by atoms with Gasteiger partial charge in [-0.2, -0.15) is 0 Å². The van der Waals surface area contributed by atoms with Crippen LogP contribution in [-0.4, -0.2) is 0 Å². The maximum absolute atomic E-state index is 3.53. The predicted octanol–water partition coefficient (Wildman–Crippen LogP) is 10.4. The van der Waals surface area contributed by atoms with Gasteiger partial charge >= 0.3 is 0 Å². The summed E-state index contributed by atoms with van der Waals surface area (Å²) in [7, 11) is 0. The Kier molecular flexibility index (Phi) is 6.11. The molecule has 0 aliphatic carbocycles. The third-order valence-corrected chi connectivity index (χ3v) is 7.07. The molecule has 6 aromatic carbocycles. The van der Waals surface area contributed by atoms with Gasteiger partial charge in [-0.1, -0.05) is 119 Å². The highest BCUT2D eigenvalue weighted by Crippen LogP contribution is 2.40. The van der Waals surface area contributed by atoms with E-state index in [1.807, 2.05) is 0 Å². The first-order chi connectivity index (χ1) is 17.8. The first kappa shape index (κ1) is 22.3. The standard InChI is InChI=1S/C34H24BrN/c35-30-19-13-26(14-20-30)28-17-23-32(24-18-28)36(34-12-6-10-29-9-4-5-11-33(29)34)31-21-15-27(16-22-31)25-7-2-1-3-8-25/h1-24H. The Labute approximate surface area is 220 Å². The first-order valence-electron chi connectivity index (χ1n) is 12.1. The summed E-state index contributed by atoms with van der Waals surface area (Å²) in [5, 5.41) is 2.46. The van der Waals surface area contributed by atoms with Gasteiger partial charge in [0.25, 0.3) is 0 Å². The Morgan fingerprint density at radius 2 is 0.861 bits per heavy atom. The monoisotopic (exact) mass is 525 g/mol. The largest absolute Gasteiger partial charge is 0.310 e. The molecule has 0 bridgehead atoms. The minimum absolute atomic E-state index is 1.09. The molecule has 0 radical (unpaired) electrons. The van der Waals surface area contributed by atoms with Crippen LogP contribution in [0.5, 0.6) is 0 Å². The fraction of sp³-hybridized carbons (Fsp3) is 0. The van der Waals surface area contributed by atoms with Crippen molar-refractivity contribution < 1.29 is 0 Å². The van der Waals surface area contributed by atoms with Gasteiger partial charge in [-0.25, -0.2) is 0 Å². The van der Waals surface area contributed by atoms with Crippen LogP contribution in [0.1, 0.15) is 0 Å². The lowest BCUT2D eigenvalue weighted by Gasteiger charge is -2.27. The molecule has 0 spiro atoms. The van der Waals surface area contributed by atoms with Gasteiger partial charge in [0.1, 0.15) is 0 Å². The van der Waals surface area contributed by atoms with Crippen molar-refractivity contribution in [2.24, 2.45) is 0 Å². The third kappa shape index (κ3) is 4.44. The first-order valence-corrected chi connectivity index (χ1v) is 12.8. The molecule has 0 saturated carbocycles. The molecule has 2 heteroatoms. The molecule has 0 atom stereocenters. The number of halogens is 1. The van der Waals surface area contributed by atoms with E-state index >= 15 is 0 Å². The number of nitrogens with zero attached hydrogens (tertiary/aromatic N) is 1. The van der Waals surface area contributed by atoms with E-state index in [0.717, 1.165) is 21.5 Å². The highest BCUT2D eigenvalue weighted by atomic mass is 79.9. The number of fused-ring (bicyclic) bond motifs is 1. The van der Waals surface area contributed by atoms with Crippen molar-refractivity contribution in [2.75, 3.05) is 4.90 Å². The Bertz CT molecular complexity index is 1600. The van der Waals surface area contributed by atoms with Crippen molar-refractivity contribution in [1.82, 2.24) is 0 Å². The molecule has 6 rings (SSSR count). The second-order valence-electron chi connectivity index (χ2n) is 8.80. The molecule has 0 aliphatic heterocycles. The molecule has 0 heterocycles. The van der Waals surface area contributed by atoms with Crippen LogP contribution in [0.4, 0.5) is 17.1 Å². The van der Waals surface area contributed by atoms with Crippen molar-refractivity contribution in [3.8, 4) is 22.3 Å². The van der Waals surface area contributed by atoms with Crippen LogP contribution in [-0.2, 0) is 0 Å². The topological polar surface area (TPSA) is 3.24 Å². The Morgan fingerprint density at radius 1 is 0.389 bits per heavy atom. The summed E-state index contributed by atoms with van der Waals surface area (Å²) >= 11 is 3.53.